The lowest BCUT2D eigenvalue weighted by Crippen LogP contribution is -2.31. The summed E-state index contributed by atoms with van der Waals surface area (Å²) in [4.78, 5) is 0. The van der Waals surface area contributed by atoms with Crippen LogP contribution in [-0.2, 0) is 0 Å². The van der Waals surface area contributed by atoms with Crippen molar-refractivity contribution < 1.29 is 0 Å². The van der Waals surface area contributed by atoms with Crippen LogP contribution in [0.25, 0.3) is 0 Å². The number of nitrogens with one attached hydrogen (secondary N) is 1. The molecule has 3 heteroatoms. The fourth-order valence-electron chi connectivity index (χ4n) is 2.20. The molecule has 1 aliphatic rings. The molecule has 1 aromatic rings. The topological polar surface area (TPSA) is 12.0 Å². The zero-order valence-corrected chi connectivity index (χ0v) is 11.3. The van der Waals surface area contributed by atoms with E-state index >= 15 is 0 Å². The van der Waals surface area contributed by atoms with Crippen molar-refractivity contribution in [2.45, 2.75) is 37.6 Å². The smallest absolute Gasteiger partial charge is 0.0453 e. The Labute approximate surface area is 107 Å². The van der Waals surface area contributed by atoms with Gasteiger partial charge in [0.05, 0.1) is 0 Å². The lowest BCUT2D eigenvalue weighted by Gasteiger charge is -2.20. The predicted octanol–water partition coefficient (Wildman–Crippen LogP) is 3.88. The van der Waals surface area contributed by atoms with Crippen LogP contribution in [0, 0.1) is 0 Å². The molecular formula is C13H18ClNS. The van der Waals surface area contributed by atoms with Gasteiger partial charge >= 0.3 is 0 Å². The lowest BCUT2D eigenvalue weighted by molar-refractivity contribution is 0.474. The van der Waals surface area contributed by atoms with Crippen LogP contribution < -0.4 is 5.32 Å². The van der Waals surface area contributed by atoms with Crippen LogP contribution in [-0.4, -0.2) is 17.0 Å². The van der Waals surface area contributed by atoms with Crippen molar-refractivity contribution >= 4 is 23.4 Å². The van der Waals surface area contributed by atoms with Gasteiger partial charge in [0.1, 0.15) is 0 Å². The number of thioether (sulfide) groups is 1. The summed E-state index contributed by atoms with van der Waals surface area (Å²) in [6.45, 7) is 4.49. The van der Waals surface area contributed by atoms with Gasteiger partial charge in [-0.1, -0.05) is 36.7 Å². The van der Waals surface area contributed by atoms with Gasteiger partial charge in [-0.3, -0.25) is 0 Å². The molecule has 1 N–H and O–H groups in total. The van der Waals surface area contributed by atoms with Gasteiger partial charge in [-0.25, -0.2) is 0 Å². The summed E-state index contributed by atoms with van der Waals surface area (Å²) < 4.78 is 0. The van der Waals surface area contributed by atoms with E-state index in [0.717, 1.165) is 10.3 Å². The van der Waals surface area contributed by atoms with E-state index in [1.54, 1.807) is 0 Å². The van der Waals surface area contributed by atoms with Crippen LogP contribution in [0.3, 0.4) is 0 Å². The quantitative estimate of drug-likeness (QED) is 0.880. The number of hydrogen-bond donors (Lipinski definition) is 1. The van der Waals surface area contributed by atoms with Crippen LogP contribution in [0.2, 0.25) is 5.02 Å². The highest BCUT2D eigenvalue weighted by atomic mass is 35.5. The highest BCUT2D eigenvalue weighted by molar-refractivity contribution is 8.00. The maximum Gasteiger partial charge on any atom is 0.0453 e. The van der Waals surface area contributed by atoms with E-state index in [1.807, 2.05) is 18.2 Å². The third-order valence-electron chi connectivity index (χ3n) is 3.06. The number of hydrogen-bond acceptors (Lipinski definition) is 2. The van der Waals surface area contributed by atoms with Crippen LogP contribution in [0.1, 0.15) is 31.9 Å². The molecule has 16 heavy (non-hydrogen) atoms. The molecule has 3 atom stereocenters. The van der Waals surface area contributed by atoms with Crippen molar-refractivity contribution in [2.24, 2.45) is 0 Å². The second-order valence-electron chi connectivity index (χ2n) is 4.49. The number of benzene rings is 1. The third-order valence-corrected chi connectivity index (χ3v) is 4.76. The zero-order chi connectivity index (χ0) is 11.5. The van der Waals surface area contributed by atoms with Gasteiger partial charge in [-0.15, -0.1) is 0 Å². The average molecular weight is 256 g/mol. The maximum absolute atomic E-state index is 6.19. The van der Waals surface area contributed by atoms with Crippen molar-refractivity contribution in [2.75, 3.05) is 5.75 Å². The number of rotatable bonds is 3. The Balaban J connectivity index is 1.98. The second-order valence-corrected chi connectivity index (χ2v) is 6.37. The summed E-state index contributed by atoms with van der Waals surface area (Å²) in [6.07, 6.45) is 1.26. The van der Waals surface area contributed by atoms with Gasteiger partial charge in [0.15, 0.2) is 0 Å². The Morgan fingerprint density at radius 3 is 2.81 bits per heavy atom. The van der Waals surface area contributed by atoms with E-state index in [-0.39, 0.29) is 0 Å². The van der Waals surface area contributed by atoms with Crippen LogP contribution in [0.5, 0.6) is 0 Å². The average Bonchev–Trinajstić information content (AvgIpc) is 2.64. The molecule has 1 fully saturated rings. The minimum atomic E-state index is 0.338. The standard InChI is InChI=1S/C13H18ClNS/c1-9-7-11(8-16-9)15-10(2)12-5-3-4-6-13(12)14/h3-6,9-11,15H,7-8H2,1-2H3/t9?,10-,11?/m0/s1. The lowest BCUT2D eigenvalue weighted by atomic mass is 10.1. The Bertz CT molecular complexity index is 356. The molecule has 0 spiro atoms. The summed E-state index contributed by atoms with van der Waals surface area (Å²) in [7, 11) is 0. The van der Waals surface area contributed by atoms with E-state index in [0.29, 0.717) is 12.1 Å². The van der Waals surface area contributed by atoms with Gasteiger partial charge in [-0.2, -0.15) is 11.8 Å². The van der Waals surface area contributed by atoms with Gasteiger partial charge in [-0.05, 0) is 25.0 Å². The van der Waals surface area contributed by atoms with Gasteiger partial charge in [0.25, 0.3) is 0 Å². The van der Waals surface area contributed by atoms with Crippen molar-refractivity contribution in [1.82, 2.24) is 5.32 Å². The molecule has 1 saturated heterocycles. The molecule has 0 saturated carbocycles. The largest absolute Gasteiger partial charge is 0.307 e. The van der Waals surface area contributed by atoms with Gasteiger partial charge < -0.3 is 5.32 Å². The molecule has 0 bridgehead atoms. The molecule has 0 aliphatic carbocycles. The fourth-order valence-corrected chi connectivity index (χ4v) is 3.66. The van der Waals surface area contributed by atoms with Gasteiger partial charge in [0.2, 0.25) is 0 Å². The fraction of sp³-hybridized carbons (Fsp3) is 0.538. The first-order valence-electron chi connectivity index (χ1n) is 5.79. The van der Waals surface area contributed by atoms with Crippen LogP contribution in [0.15, 0.2) is 24.3 Å². The molecule has 1 aliphatic heterocycles. The minimum absolute atomic E-state index is 0.338. The van der Waals surface area contributed by atoms with E-state index in [9.17, 15) is 0 Å². The first-order valence-corrected chi connectivity index (χ1v) is 7.21. The van der Waals surface area contributed by atoms with Crippen molar-refractivity contribution in [3.05, 3.63) is 34.9 Å². The molecule has 0 amide bonds. The summed E-state index contributed by atoms with van der Waals surface area (Å²) in [6, 6.07) is 9.06. The molecule has 1 heterocycles. The van der Waals surface area contributed by atoms with Crippen molar-refractivity contribution in [1.29, 1.82) is 0 Å². The van der Waals surface area contributed by atoms with E-state index in [2.05, 4.69) is 37.0 Å². The monoisotopic (exact) mass is 255 g/mol. The SMILES string of the molecule is CC1CC(N[C@@H](C)c2ccccc2Cl)CS1. The summed E-state index contributed by atoms with van der Waals surface area (Å²) >= 11 is 8.24. The van der Waals surface area contributed by atoms with Crippen molar-refractivity contribution in [3.63, 3.8) is 0 Å². The summed E-state index contributed by atoms with van der Waals surface area (Å²) in [5, 5.41) is 5.31. The minimum Gasteiger partial charge on any atom is -0.307 e. The zero-order valence-electron chi connectivity index (χ0n) is 9.74. The Kier molecular flexibility index (Phi) is 4.17. The first kappa shape index (κ1) is 12.3. The molecule has 0 radical (unpaired) electrons. The molecule has 88 valence electrons. The van der Waals surface area contributed by atoms with Crippen LogP contribution in [0.4, 0.5) is 0 Å². The molecule has 0 aromatic heterocycles. The Hall–Kier alpha value is -0.180. The maximum atomic E-state index is 6.19. The number of halogens is 1. The van der Waals surface area contributed by atoms with Crippen molar-refractivity contribution in [3.8, 4) is 0 Å². The summed E-state index contributed by atoms with van der Waals surface area (Å²) in [5.41, 5.74) is 1.20. The third kappa shape index (κ3) is 2.93. The summed E-state index contributed by atoms with van der Waals surface area (Å²) in [5.74, 6) is 1.22. The predicted molar refractivity (Wildman–Crippen MR) is 73.3 cm³/mol. The van der Waals surface area contributed by atoms with Gasteiger partial charge in [0, 0.05) is 28.1 Å². The first-order chi connectivity index (χ1) is 7.66. The molecule has 1 nitrogen and oxygen atoms in total. The molecular weight excluding hydrogens is 238 g/mol. The Morgan fingerprint density at radius 1 is 1.44 bits per heavy atom. The molecule has 2 rings (SSSR count). The molecule has 1 aromatic carbocycles. The van der Waals surface area contributed by atoms with E-state index < -0.39 is 0 Å². The van der Waals surface area contributed by atoms with E-state index in [1.165, 1.54) is 17.7 Å². The van der Waals surface area contributed by atoms with Crippen LogP contribution >= 0.6 is 23.4 Å². The highest BCUT2D eigenvalue weighted by Crippen LogP contribution is 2.29. The second kappa shape index (κ2) is 5.44. The van der Waals surface area contributed by atoms with E-state index in [4.69, 9.17) is 11.6 Å². The molecule has 2 unspecified atom stereocenters. The Morgan fingerprint density at radius 2 is 2.19 bits per heavy atom. The normalized spacial score (nSPS) is 26.9. The highest BCUT2D eigenvalue weighted by Gasteiger charge is 2.23.